The van der Waals surface area contributed by atoms with Crippen LogP contribution in [-0.2, 0) is 16.0 Å². The fourth-order valence-electron chi connectivity index (χ4n) is 3.50. The number of esters is 1. The molecule has 2 heterocycles. The van der Waals surface area contributed by atoms with Crippen LogP contribution >= 0.6 is 11.3 Å². The molecule has 1 amide bonds. The molecule has 1 N–H and O–H groups in total. The van der Waals surface area contributed by atoms with Crippen molar-refractivity contribution in [2.75, 3.05) is 29.9 Å². The molecule has 0 bridgehead atoms. The second-order valence-corrected chi connectivity index (χ2v) is 7.84. The van der Waals surface area contributed by atoms with E-state index in [0.717, 1.165) is 29.1 Å². The Bertz CT molecular complexity index is 1030. The number of fused-ring (bicyclic) bond motifs is 1. The number of hydrogen-bond acceptors (Lipinski definition) is 5. The summed E-state index contributed by atoms with van der Waals surface area (Å²) in [6.07, 6.45) is 0.939. The Kier molecular flexibility index (Phi) is 5.62. The van der Waals surface area contributed by atoms with Gasteiger partial charge in [0.15, 0.2) is 0 Å². The van der Waals surface area contributed by atoms with Crippen molar-refractivity contribution in [3.05, 3.63) is 71.8 Å². The van der Waals surface area contributed by atoms with Crippen LogP contribution in [0.15, 0.2) is 60.7 Å². The maximum absolute atomic E-state index is 12.8. The van der Waals surface area contributed by atoms with E-state index in [4.69, 9.17) is 4.74 Å². The van der Waals surface area contributed by atoms with Crippen molar-refractivity contribution >= 4 is 33.9 Å². The Morgan fingerprint density at radius 2 is 1.86 bits per heavy atom. The predicted octanol–water partition coefficient (Wildman–Crippen LogP) is 4.59. The zero-order valence-corrected chi connectivity index (χ0v) is 17.0. The summed E-state index contributed by atoms with van der Waals surface area (Å²) in [5.74, 6) is -0.568. The maximum Gasteiger partial charge on any atom is 0.341 e. The van der Waals surface area contributed by atoms with Crippen LogP contribution in [0, 0.1) is 0 Å². The lowest BCUT2D eigenvalue weighted by molar-refractivity contribution is -0.114. The van der Waals surface area contributed by atoms with E-state index in [2.05, 4.69) is 16.3 Å². The smallest absolute Gasteiger partial charge is 0.341 e. The molecule has 1 aliphatic heterocycles. The minimum absolute atomic E-state index is 0.145. The Morgan fingerprint density at radius 3 is 2.66 bits per heavy atom. The van der Waals surface area contributed by atoms with Crippen molar-refractivity contribution in [2.45, 2.75) is 13.3 Å². The Hall–Kier alpha value is -3.12. The molecule has 0 atom stereocenters. The molecule has 148 valence electrons. The Labute approximate surface area is 173 Å². The topological polar surface area (TPSA) is 58.6 Å². The highest BCUT2D eigenvalue weighted by Gasteiger charge is 2.23. The summed E-state index contributed by atoms with van der Waals surface area (Å²) < 4.78 is 5.19. The average molecular weight is 407 g/mol. The third-order valence-electron chi connectivity index (χ3n) is 4.86. The second kappa shape index (κ2) is 8.49. The van der Waals surface area contributed by atoms with Crippen LogP contribution in [0.4, 0.5) is 10.7 Å². The Balaban J connectivity index is 1.55. The highest BCUT2D eigenvalue weighted by atomic mass is 32.1. The van der Waals surface area contributed by atoms with E-state index < -0.39 is 5.97 Å². The summed E-state index contributed by atoms with van der Waals surface area (Å²) in [6, 6.07) is 19.7. The summed E-state index contributed by atoms with van der Waals surface area (Å²) in [5.41, 5.74) is 3.75. The number of carbonyl (C=O) groups excluding carboxylic acids is 2. The normalized spacial score (nSPS) is 12.5. The SMILES string of the molecule is CCOC(=O)c1cc(-c2ccccc2)sc1NC(=O)CN1CCc2ccccc21. The molecule has 29 heavy (non-hydrogen) atoms. The number of amides is 1. The highest BCUT2D eigenvalue weighted by molar-refractivity contribution is 7.20. The molecule has 4 rings (SSSR count). The first-order valence-electron chi connectivity index (χ1n) is 9.64. The van der Waals surface area contributed by atoms with Gasteiger partial charge in [-0.3, -0.25) is 4.79 Å². The van der Waals surface area contributed by atoms with E-state index in [1.807, 2.05) is 48.5 Å². The number of nitrogens with one attached hydrogen (secondary N) is 1. The molecule has 6 heteroatoms. The molecule has 3 aromatic rings. The van der Waals surface area contributed by atoms with Gasteiger partial charge in [-0.1, -0.05) is 48.5 Å². The lowest BCUT2D eigenvalue weighted by atomic mass is 10.1. The molecule has 0 saturated heterocycles. The number of benzene rings is 2. The molecule has 1 aliphatic rings. The van der Waals surface area contributed by atoms with Gasteiger partial charge in [-0.15, -0.1) is 11.3 Å². The van der Waals surface area contributed by atoms with Crippen molar-refractivity contribution in [3.63, 3.8) is 0 Å². The minimum Gasteiger partial charge on any atom is -0.462 e. The first-order valence-corrected chi connectivity index (χ1v) is 10.5. The predicted molar refractivity (Wildman–Crippen MR) is 117 cm³/mol. The number of para-hydroxylation sites is 1. The zero-order valence-electron chi connectivity index (χ0n) is 16.2. The van der Waals surface area contributed by atoms with E-state index in [1.54, 1.807) is 13.0 Å². The molecule has 5 nitrogen and oxygen atoms in total. The summed E-state index contributed by atoms with van der Waals surface area (Å²) in [7, 11) is 0. The molecule has 0 unspecified atom stereocenters. The number of carbonyl (C=O) groups is 2. The van der Waals surface area contributed by atoms with Crippen LogP contribution in [0.3, 0.4) is 0 Å². The van der Waals surface area contributed by atoms with Gasteiger partial charge >= 0.3 is 5.97 Å². The fraction of sp³-hybridized carbons (Fsp3) is 0.217. The number of thiophene rings is 1. The third-order valence-corrected chi connectivity index (χ3v) is 5.96. The highest BCUT2D eigenvalue weighted by Crippen LogP contribution is 2.36. The molecule has 2 aromatic carbocycles. The van der Waals surface area contributed by atoms with Gasteiger partial charge in [0.25, 0.3) is 0 Å². The van der Waals surface area contributed by atoms with E-state index in [0.29, 0.717) is 10.6 Å². The van der Waals surface area contributed by atoms with Crippen molar-refractivity contribution < 1.29 is 14.3 Å². The van der Waals surface area contributed by atoms with E-state index >= 15 is 0 Å². The van der Waals surface area contributed by atoms with Crippen molar-refractivity contribution in [3.8, 4) is 10.4 Å². The molecule has 0 spiro atoms. The van der Waals surface area contributed by atoms with Crippen LogP contribution < -0.4 is 10.2 Å². The summed E-state index contributed by atoms with van der Waals surface area (Å²) in [5, 5.41) is 3.46. The molecular formula is C23H22N2O3S. The van der Waals surface area contributed by atoms with Crippen LogP contribution in [0.5, 0.6) is 0 Å². The number of nitrogens with zero attached hydrogens (tertiary/aromatic N) is 1. The average Bonchev–Trinajstić information content (AvgIpc) is 3.34. The molecule has 1 aromatic heterocycles. The van der Waals surface area contributed by atoms with Gasteiger partial charge in [-0.25, -0.2) is 4.79 Å². The summed E-state index contributed by atoms with van der Waals surface area (Å²) >= 11 is 1.39. The molecule has 0 saturated carbocycles. The van der Waals surface area contributed by atoms with Crippen LogP contribution in [0.25, 0.3) is 10.4 Å². The monoisotopic (exact) mass is 406 g/mol. The van der Waals surface area contributed by atoms with Gasteiger partial charge in [-0.2, -0.15) is 0 Å². The van der Waals surface area contributed by atoms with Crippen LogP contribution in [-0.4, -0.2) is 31.6 Å². The zero-order chi connectivity index (χ0) is 20.2. The molecule has 0 radical (unpaired) electrons. The first kappa shape index (κ1) is 19.2. The third kappa shape index (κ3) is 4.17. The van der Waals surface area contributed by atoms with Gasteiger partial charge in [0.2, 0.25) is 5.91 Å². The number of anilines is 2. The molecular weight excluding hydrogens is 384 g/mol. The number of ether oxygens (including phenoxy) is 1. The van der Waals surface area contributed by atoms with Crippen LogP contribution in [0.2, 0.25) is 0 Å². The summed E-state index contributed by atoms with van der Waals surface area (Å²) in [6.45, 7) is 3.12. The van der Waals surface area contributed by atoms with Crippen molar-refractivity contribution in [2.24, 2.45) is 0 Å². The van der Waals surface area contributed by atoms with E-state index in [9.17, 15) is 9.59 Å². The minimum atomic E-state index is -0.423. The molecule has 0 fully saturated rings. The maximum atomic E-state index is 12.8. The standard InChI is InChI=1S/C23H22N2O3S/c1-2-28-23(27)18-14-20(17-9-4-3-5-10-17)29-22(18)24-21(26)15-25-13-12-16-8-6-7-11-19(16)25/h3-11,14H,2,12-13,15H2,1H3,(H,24,26). The van der Waals surface area contributed by atoms with Crippen molar-refractivity contribution in [1.82, 2.24) is 0 Å². The lowest BCUT2D eigenvalue weighted by Crippen LogP contribution is -2.32. The lowest BCUT2D eigenvalue weighted by Gasteiger charge is -2.18. The summed E-state index contributed by atoms with van der Waals surface area (Å²) in [4.78, 5) is 28.2. The van der Waals surface area contributed by atoms with Gasteiger partial charge < -0.3 is 15.0 Å². The number of hydrogen-bond donors (Lipinski definition) is 1. The van der Waals surface area contributed by atoms with Gasteiger partial charge in [0.1, 0.15) is 5.00 Å². The van der Waals surface area contributed by atoms with Gasteiger partial charge in [0, 0.05) is 17.1 Å². The molecule has 0 aliphatic carbocycles. The number of rotatable bonds is 6. The van der Waals surface area contributed by atoms with Crippen molar-refractivity contribution in [1.29, 1.82) is 0 Å². The first-order chi connectivity index (χ1) is 14.2. The largest absolute Gasteiger partial charge is 0.462 e. The Morgan fingerprint density at radius 1 is 1.10 bits per heavy atom. The van der Waals surface area contributed by atoms with Crippen LogP contribution in [0.1, 0.15) is 22.8 Å². The fourth-order valence-corrected chi connectivity index (χ4v) is 4.57. The van der Waals surface area contributed by atoms with E-state index in [1.165, 1.54) is 16.9 Å². The van der Waals surface area contributed by atoms with Gasteiger partial charge in [0.05, 0.1) is 18.7 Å². The van der Waals surface area contributed by atoms with Gasteiger partial charge in [-0.05, 0) is 36.6 Å². The van der Waals surface area contributed by atoms with E-state index in [-0.39, 0.29) is 19.1 Å². The quantitative estimate of drug-likeness (QED) is 0.608. The second-order valence-electron chi connectivity index (χ2n) is 6.79.